The normalized spacial score (nSPS) is 11.2. The molecule has 0 saturated heterocycles. The molecule has 0 aliphatic carbocycles. The van der Waals surface area contributed by atoms with Gasteiger partial charge in [-0.05, 0) is 42.5 Å². The number of fused-ring (bicyclic) bond motifs is 2. The Morgan fingerprint density at radius 2 is 1.82 bits per heavy atom. The minimum Gasteiger partial charge on any atom is -0.378 e. The number of pyridine rings is 2. The highest BCUT2D eigenvalue weighted by Gasteiger charge is 2.15. The molecule has 0 amide bonds. The van der Waals surface area contributed by atoms with Crippen molar-refractivity contribution in [2.75, 3.05) is 5.32 Å². The number of rotatable bonds is 4. The lowest BCUT2D eigenvalue weighted by molar-refractivity contribution is 1.05. The van der Waals surface area contributed by atoms with Crippen LogP contribution >= 0.6 is 11.6 Å². The van der Waals surface area contributed by atoms with Gasteiger partial charge in [0.05, 0.1) is 40.0 Å². The highest BCUT2D eigenvalue weighted by atomic mass is 35.5. The molecule has 0 aliphatic rings. The van der Waals surface area contributed by atoms with Gasteiger partial charge in [0, 0.05) is 22.8 Å². The molecule has 2 aromatic carbocycles. The number of para-hydroxylation sites is 2. The van der Waals surface area contributed by atoms with Gasteiger partial charge in [0.15, 0.2) is 0 Å². The summed E-state index contributed by atoms with van der Waals surface area (Å²) >= 11 is 6.28. The maximum absolute atomic E-state index is 6.28. The van der Waals surface area contributed by atoms with Crippen molar-refractivity contribution < 1.29 is 0 Å². The molecule has 136 valence electrons. The fraction of sp³-hybridized carbons (Fsp3) is 0.0455. The Kier molecular flexibility index (Phi) is 4.14. The number of aromatic nitrogens is 4. The SMILES string of the molecule is Clc1ccc2ncc(-c3nc4ccccc4[nH]3)c(NCc3ccccn3)c2c1. The Morgan fingerprint density at radius 1 is 0.929 bits per heavy atom. The first-order valence-electron chi connectivity index (χ1n) is 8.95. The second kappa shape index (κ2) is 6.94. The van der Waals surface area contributed by atoms with Crippen LogP contribution in [0.2, 0.25) is 5.02 Å². The Labute approximate surface area is 166 Å². The van der Waals surface area contributed by atoms with E-state index in [4.69, 9.17) is 16.6 Å². The van der Waals surface area contributed by atoms with Crippen molar-refractivity contribution in [3.05, 3.63) is 83.8 Å². The van der Waals surface area contributed by atoms with Crippen molar-refractivity contribution in [3.8, 4) is 11.4 Å². The van der Waals surface area contributed by atoms with E-state index >= 15 is 0 Å². The molecule has 5 nitrogen and oxygen atoms in total. The lowest BCUT2D eigenvalue weighted by atomic mass is 10.1. The molecule has 0 radical (unpaired) electrons. The van der Waals surface area contributed by atoms with E-state index in [0.29, 0.717) is 11.6 Å². The van der Waals surface area contributed by atoms with E-state index in [1.54, 1.807) is 6.20 Å². The van der Waals surface area contributed by atoms with Crippen molar-refractivity contribution >= 4 is 39.2 Å². The summed E-state index contributed by atoms with van der Waals surface area (Å²) < 4.78 is 0. The minimum atomic E-state index is 0.583. The summed E-state index contributed by atoms with van der Waals surface area (Å²) in [5.74, 6) is 0.763. The van der Waals surface area contributed by atoms with Gasteiger partial charge in [-0.1, -0.05) is 29.8 Å². The van der Waals surface area contributed by atoms with Gasteiger partial charge in [-0.25, -0.2) is 4.98 Å². The van der Waals surface area contributed by atoms with Gasteiger partial charge in [0.2, 0.25) is 0 Å². The number of nitrogens with one attached hydrogen (secondary N) is 2. The topological polar surface area (TPSA) is 66.5 Å². The van der Waals surface area contributed by atoms with Crippen LogP contribution in [0.1, 0.15) is 5.69 Å². The Morgan fingerprint density at radius 3 is 2.68 bits per heavy atom. The van der Waals surface area contributed by atoms with Gasteiger partial charge in [0.25, 0.3) is 0 Å². The molecule has 0 saturated carbocycles. The van der Waals surface area contributed by atoms with E-state index in [-0.39, 0.29) is 0 Å². The molecule has 0 aliphatic heterocycles. The van der Waals surface area contributed by atoms with Crippen LogP contribution in [0.5, 0.6) is 0 Å². The zero-order chi connectivity index (χ0) is 18.9. The lowest BCUT2D eigenvalue weighted by Crippen LogP contribution is -2.04. The minimum absolute atomic E-state index is 0.583. The van der Waals surface area contributed by atoms with Crippen LogP contribution in [0, 0.1) is 0 Å². The van der Waals surface area contributed by atoms with Crippen LogP contribution in [0.3, 0.4) is 0 Å². The van der Waals surface area contributed by atoms with Crippen LogP contribution in [0.15, 0.2) is 73.1 Å². The Hall–Kier alpha value is -3.44. The molecule has 0 bridgehead atoms. The molecule has 0 atom stereocenters. The molecule has 6 heteroatoms. The first kappa shape index (κ1) is 16.7. The predicted octanol–water partition coefficient (Wildman–Crippen LogP) is 5.44. The Bertz CT molecular complexity index is 1250. The summed E-state index contributed by atoms with van der Waals surface area (Å²) in [5, 5.41) is 5.13. The largest absolute Gasteiger partial charge is 0.378 e. The van der Waals surface area contributed by atoms with E-state index in [2.05, 4.69) is 20.3 Å². The van der Waals surface area contributed by atoms with E-state index in [0.717, 1.165) is 44.7 Å². The van der Waals surface area contributed by atoms with Gasteiger partial charge in [-0.15, -0.1) is 0 Å². The Balaban J connectivity index is 1.67. The molecule has 5 rings (SSSR count). The quantitative estimate of drug-likeness (QED) is 0.432. The number of aromatic amines is 1. The fourth-order valence-electron chi connectivity index (χ4n) is 3.30. The van der Waals surface area contributed by atoms with Gasteiger partial charge < -0.3 is 10.3 Å². The van der Waals surface area contributed by atoms with Crippen LogP contribution < -0.4 is 5.32 Å². The van der Waals surface area contributed by atoms with Crippen molar-refractivity contribution in [1.82, 2.24) is 19.9 Å². The molecule has 0 spiro atoms. The van der Waals surface area contributed by atoms with Crippen molar-refractivity contribution in [1.29, 1.82) is 0 Å². The number of anilines is 1. The monoisotopic (exact) mass is 385 g/mol. The molecule has 28 heavy (non-hydrogen) atoms. The van der Waals surface area contributed by atoms with Crippen LogP contribution in [-0.2, 0) is 6.54 Å². The van der Waals surface area contributed by atoms with Crippen LogP contribution in [0.4, 0.5) is 5.69 Å². The zero-order valence-electron chi connectivity index (χ0n) is 14.9. The maximum Gasteiger partial charge on any atom is 0.142 e. The maximum atomic E-state index is 6.28. The number of H-pyrrole nitrogens is 1. The number of hydrogen-bond acceptors (Lipinski definition) is 4. The summed E-state index contributed by atoms with van der Waals surface area (Å²) in [6, 6.07) is 19.5. The summed E-state index contributed by atoms with van der Waals surface area (Å²) in [6.45, 7) is 0.583. The lowest BCUT2D eigenvalue weighted by Gasteiger charge is -2.13. The number of nitrogens with zero attached hydrogens (tertiary/aromatic N) is 3. The summed E-state index contributed by atoms with van der Waals surface area (Å²) in [4.78, 5) is 17.1. The number of hydrogen-bond donors (Lipinski definition) is 2. The zero-order valence-corrected chi connectivity index (χ0v) is 15.6. The third-order valence-electron chi connectivity index (χ3n) is 4.65. The van der Waals surface area contributed by atoms with E-state index in [1.165, 1.54) is 0 Å². The second-order valence-electron chi connectivity index (χ2n) is 6.49. The number of benzene rings is 2. The van der Waals surface area contributed by atoms with Crippen LogP contribution in [-0.4, -0.2) is 19.9 Å². The van der Waals surface area contributed by atoms with Gasteiger partial charge in [-0.3, -0.25) is 9.97 Å². The summed E-state index contributed by atoms with van der Waals surface area (Å²) in [6.07, 6.45) is 3.63. The summed E-state index contributed by atoms with van der Waals surface area (Å²) in [7, 11) is 0. The van der Waals surface area contributed by atoms with Crippen molar-refractivity contribution in [2.24, 2.45) is 0 Å². The smallest absolute Gasteiger partial charge is 0.142 e. The molecular formula is C22H16ClN5. The average Bonchev–Trinajstić information content (AvgIpc) is 3.16. The average molecular weight is 386 g/mol. The predicted molar refractivity (Wildman–Crippen MR) is 113 cm³/mol. The van der Waals surface area contributed by atoms with Gasteiger partial charge >= 0.3 is 0 Å². The molecule has 0 fully saturated rings. The number of imidazole rings is 1. The first-order chi connectivity index (χ1) is 13.8. The van der Waals surface area contributed by atoms with Crippen LogP contribution in [0.25, 0.3) is 33.3 Å². The van der Waals surface area contributed by atoms with Crippen molar-refractivity contribution in [2.45, 2.75) is 6.54 Å². The van der Waals surface area contributed by atoms with E-state index in [1.807, 2.05) is 66.9 Å². The van der Waals surface area contributed by atoms with Crippen molar-refractivity contribution in [3.63, 3.8) is 0 Å². The molecule has 5 aromatic rings. The standard InChI is InChI=1S/C22H16ClN5/c23-14-8-9-18-16(11-14)21(26-12-15-5-3-4-10-24-15)17(13-25-18)22-27-19-6-1-2-7-20(19)28-22/h1-11,13H,12H2,(H,25,26)(H,27,28). The molecule has 0 unspecified atom stereocenters. The van der Waals surface area contributed by atoms with E-state index in [9.17, 15) is 0 Å². The summed E-state index contributed by atoms with van der Waals surface area (Å²) in [5.41, 5.74) is 5.54. The molecule has 2 N–H and O–H groups in total. The van der Waals surface area contributed by atoms with E-state index < -0.39 is 0 Å². The third kappa shape index (κ3) is 3.06. The first-order valence-corrected chi connectivity index (χ1v) is 9.33. The highest BCUT2D eigenvalue weighted by molar-refractivity contribution is 6.31. The van der Waals surface area contributed by atoms with Gasteiger partial charge in [0.1, 0.15) is 5.82 Å². The second-order valence-corrected chi connectivity index (χ2v) is 6.92. The fourth-order valence-corrected chi connectivity index (χ4v) is 3.47. The molecule has 3 aromatic heterocycles. The number of halogens is 1. The van der Waals surface area contributed by atoms with Gasteiger partial charge in [-0.2, -0.15) is 0 Å². The third-order valence-corrected chi connectivity index (χ3v) is 4.88. The molecule has 3 heterocycles. The molecular weight excluding hydrogens is 370 g/mol. The highest BCUT2D eigenvalue weighted by Crippen LogP contribution is 2.34.